The minimum absolute atomic E-state index is 0.108. The lowest BCUT2D eigenvalue weighted by atomic mass is 9.95. The van der Waals surface area contributed by atoms with Gasteiger partial charge in [-0.05, 0) is 54.1 Å². The van der Waals surface area contributed by atoms with Crippen molar-refractivity contribution in [2.75, 3.05) is 0 Å². The fraction of sp³-hybridized carbons (Fsp3) is 0.136. The number of amides is 1. The summed E-state index contributed by atoms with van der Waals surface area (Å²) < 4.78 is 0. The Labute approximate surface area is 171 Å². The zero-order valence-electron chi connectivity index (χ0n) is 15.5. The number of nitrogens with one attached hydrogen (secondary N) is 1. The number of carbonyl (C=O) groups is 1. The van der Waals surface area contributed by atoms with Gasteiger partial charge in [0.1, 0.15) is 9.88 Å². The molecule has 28 heavy (non-hydrogen) atoms. The van der Waals surface area contributed by atoms with E-state index in [1.165, 1.54) is 11.3 Å². The third-order valence-corrected chi connectivity index (χ3v) is 6.74. The summed E-state index contributed by atoms with van der Waals surface area (Å²) >= 11 is 3.07. The number of benzene rings is 1. The van der Waals surface area contributed by atoms with Crippen LogP contribution in [0.4, 0.5) is 0 Å². The third kappa shape index (κ3) is 3.74. The lowest BCUT2D eigenvalue weighted by Crippen LogP contribution is -2.29. The first kappa shape index (κ1) is 18.5. The molecule has 1 amide bonds. The quantitative estimate of drug-likeness (QED) is 0.483. The van der Waals surface area contributed by atoms with Gasteiger partial charge in [0.2, 0.25) is 0 Å². The molecule has 4 aromatic rings. The Morgan fingerprint density at radius 2 is 1.82 bits per heavy atom. The normalized spacial score (nSPS) is 11.9. The highest BCUT2D eigenvalue weighted by Crippen LogP contribution is 2.32. The van der Waals surface area contributed by atoms with Gasteiger partial charge in [-0.3, -0.25) is 9.78 Å². The van der Waals surface area contributed by atoms with Gasteiger partial charge in [0.25, 0.3) is 5.91 Å². The van der Waals surface area contributed by atoms with E-state index >= 15 is 0 Å². The monoisotopic (exact) mass is 405 g/mol. The highest BCUT2D eigenvalue weighted by Gasteiger charge is 2.23. The molecule has 1 atom stereocenters. The van der Waals surface area contributed by atoms with E-state index < -0.39 is 0 Å². The average molecular weight is 406 g/mol. The fourth-order valence-corrected chi connectivity index (χ4v) is 4.88. The molecule has 6 heteroatoms. The molecule has 0 aliphatic heterocycles. The molecular formula is C22H19N3OS2. The molecule has 3 aromatic heterocycles. The summed E-state index contributed by atoms with van der Waals surface area (Å²) in [6.45, 7) is 3.94. The van der Waals surface area contributed by atoms with Gasteiger partial charge in [-0.15, -0.1) is 22.7 Å². The standard InChI is InChI=1S/C22H19N3OS2/c1-14-6-3-4-7-17(14)19(16-9-11-23-12-10-16)25-21(26)20-15(2)24-22(28-20)18-8-5-13-27-18/h3-13,19H,1-2H3,(H,25,26). The highest BCUT2D eigenvalue weighted by molar-refractivity contribution is 7.22. The van der Waals surface area contributed by atoms with Crippen molar-refractivity contribution in [2.45, 2.75) is 19.9 Å². The van der Waals surface area contributed by atoms with Gasteiger partial charge in [0, 0.05) is 12.4 Å². The second-order valence-electron chi connectivity index (χ2n) is 6.45. The summed E-state index contributed by atoms with van der Waals surface area (Å²) in [6, 6.07) is 15.8. The SMILES string of the molecule is Cc1ccccc1C(NC(=O)c1sc(-c2cccs2)nc1C)c1ccncc1. The van der Waals surface area contributed by atoms with Crippen molar-refractivity contribution in [3.63, 3.8) is 0 Å². The second-order valence-corrected chi connectivity index (χ2v) is 8.40. The van der Waals surface area contributed by atoms with Gasteiger partial charge >= 0.3 is 0 Å². The predicted octanol–water partition coefficient (Wildman–Crippen LogP) is 5.40. The maximum Gasteiger partial charge on any atom is 0.264 e. The Kier molecular flexibility index (Phi) is 5.32. The molecule has 0 bridgehead atoms. The van der Waals surface area contributed by atoms with Crippen molar-refractivity contribution in [3.05, 3.63) is 93.6 Å². The molecule has 140 valence electrons. The summed E-state index contributed by atoms with van der Waals surface area (Å²) in [7, 11) is 0. The van der Waals surface area contributed by atoms with Crippen LogP contribution in [0.25, 0.3) is 9.88 Å². The van der Waals surface area contributed by atoms with Gasteiger partial charge in [-0.1, -0.05) is 30.3 Å². The van der Waals surface area contributed by atoms with E-state index in [1.54, 1.807) is 23.7 Å². The smallest absolute Gasteiger partial charge is 0.264 e. The molecule has 0 aliphatic rings. The van der Waals surface area contributed by atoms with Crippen LogP contribution in [0.2, 0.25) is 0 Å². The van der Waals surface area contributed by atoms with Gasteiger partial charge in [0.05, 0.1) is 16.6 Å². The minimum atomic E-state index is -0.247. The number of thiazole rings is 1. The van der Waals surface area contributed by atoms with E-state index in [1.807, 2.05) is 48.7 Å². The molecule has 0 saturated heterocycles. The number of thiophene rings is 1. The van der Waals surface area contributed by atoms with Crippen molar-refractivity contribution in [2.24, 2.45) is 0 Å². The van der Waals surface area contributed by atoms with E-state index in [4.69, 9.17) is 0 Å². The van der Waals surface area contributed by atoms with Crippen molar-refractivity contribution in [1.82, 2.24) is 15.3 Å². The molecule has 0 fully saturated rings. The Morgan fingerprint density at radius 3 is 2.54 bits per heavy atom. The molecule has 1 aromatic carbocycles. The van der Waals surface area contributed by atoms with E-state index in [0.29, 0.717) is 4.88 Å². The Bertz CT molecular complexity index is 1090. The zero-order valence-corrected chi connectivity index (χ0v) is 17.2. The number of hydrogen-bond acceptors (Lipinski definition) is 5. The third-order valence-electron chi connectivity index (χ3n) is 4.55. The van der Waals surface area contributed by atoms with Crippen LogP contribution in [-0.4, -0.2) is 15.9 Å². The fourth-order valence-electron chi connectivity index (χ4n) is 3.12. The molecule has 0 spiro atoms. The summed E-state index contributed by atoms with van der Waals surface area (Å²) in [5.74, 6) is -0.108. The van der Waals surface area contributed by atoms with Gasteiger partial charge in [-0.2, -0.15) is 0 Å². The molecule has 4 rings (SSSR count). The Morgan fingerprint density at radius 1 is 1.04 bits per heavy atom. The summed E-state index contributed by atoms with van der Waals surface area (Å²) in [6.07, 6.45) is 3.50. The van der Waals surface area contributed by atoms with E-state index in [9.17, 15) is 4.79 Å². The van der Waals surface area contributed by atoms with Crippen molar-refractivity contribution >= 4 is 28.6 Å². The predicted molar refractivity (Wildman–Crippen MR) is 115 cm³/mol. The van der Waals surface area contributed by atoms with Crippen molar-refractivity contribution < 1.29 is 4.79 Å². The molecule has 4 nitrogen and oxygen atoms in total. The van der Waals surface area contributed by atoms with Gasteiger partial charge in [0.15, 0.2) is 0 Å². The Balaban J connectivity index is 1.68. The maximum atomic E-state index is 13.2. The largest absolute Gasteiger partial charge is 0.340 e. The van der Waals surface area contributed by atoms with Crippen LogP contribution in [0.1, 0.15) is 38.1 Å². The zero-order chi connectivity index (χ0) is 19.5. The lowest BCUT2D eigenvalue weighted by Gasteiger charge is -2.21. The minimum Gasteiger partial charge on any atom is -0.340 e. The number of carbonyl (C=O) groups excluding carboxylic acids is 1. The first-order valence-corrected chi connectivity index (χ1v) is 10.6. The first-order chi connectivity index (χ1) is 13.6. The summed E-state index contributed by atoms with van der Waals surface area (Å²) in [5, 5.41) is 6.11. The van der Waals surface area contributed by atoms with E-state index in [2.05, 4.69) is 34.3 Å². The number of aryl methyl sites for hydroxylation is 2. The Hall–Kier alpha value is -2.83. The molecule has 3 heterocycles. The molecule has 1 unspecified atom stereocenters. The maximum absolute atomic E-state index is 13.2. The van der Waals surface area contributed by atoms with Crippen LogP contribution in [0, 0.1) is 13.8 Å². The molecule has 0 aliphatic carbocycles. The van der Waals surface area contributed by atoms with Crippen molar-refractivity contribution in [3.8, 4) is 9.88 Å². The topological polar surface area (TPSA) is 54.9 Å². The number of aromatic nitrogens is 2. The van der Waals surface area contributed by atoms with Crippen molar-refractivity contribution in [1.29, 1.82) is 0 Å². The van der Waals surface area contributed by atoms with Crippen LogP contribution >= 0.6 is 22.7 Å². The van der Waals surface area contributed by atoms with Gasteiger partial charge in [-0.25, -0.2) is 4.98 Å². The van der Waals surface area contributed by atoms with Crippen LogP contribution in [0.3, 0.4) is 0 Å². The first-order valence-electron chi connectivity index (χ1n) is 8.91. The van der Waals surface area contributed by atoms with Crippen LogP contribution in [-0.2, 0) is 0 Å². The number of rotatable bonds is 5. The highest BCUT2D eigenvalue weighted by atomic mass is 32.1. The van der Waals surface area contributed by atoms with E-state index in [0.717, 1.165) is 32.3 Å². The number of nitrogens with zero attached hydrogens (tertiary/aromatic N) is 2. The average Bonchev–Trinajstić information content (AvgIpc) is 3.37. The molecular weight excluding hydrogens is 386 g/mol. The molecule has 1 N–H and O–H groups in total. The van der Waals surface area contributed by atoms with Crippen LogP contribution in [0.5, 0.6) is 0 Å². The van der Waals surface area contributed by atoms with Crippen LogP contribution < -0.4 is 5.32 Å². The lowest BCUT2D eigenvalue weighted by molar-refractivity contribution is 0.0946. The number of hydrogen-bond donors (Lipinski definition) is 1. The molecule has 0 saturated carbocycles. The van der Waals surface area contributed by atoms with E-state index in [-0.39, 0.29) is 11.9 Å². The summed E-state index contributed by atoms with van der Waals surface area (Å²) in [5.41, 5.74) is 3.95. The van der Waals surface area contributed by atoms with Gasteiger partial charge < -0.3 is 5.32 Å². The number of pyridine rings is 1. The molecule has 0 radical (unpaired) electrons. The summed E-state index contributed by atoms with van der Waals surface area (Å²) in [4.78, 5) is 23.6. The van der Waals surface area contributed by atoms with Crippen LogP contribution in [0.15, 0.2) is 66.3 Å². The second kappa shape index (κ2) is 8.04.